The third kappa shape index (κ3) is 1.61. The van der Waals surface area contributed by atoms with Crippen LogP contribution in [-0.2, 0) is 0 Å². The molecule has 1 aliphatic heterocycles. The van der Waals surface area contributed by atoms with Crippen LogP contribution in [0.25, 0.3) is 6.08 Å². The Morgan fingerprint density at radius 1 is 1.27 bits per heavy atom. The van der Waals surface area contributed by atoms with Gasteiger partial charge in [-0.1, -0.05) is 36.9 Å². The third-order valence-electron chi connectivity index (χ3n) is 3.89. The van der Waals surface area contributed by atoms with Crippen molar-refractivity contribution in [1.82, 2.24) is 5.32 Å². The Morgan fingerprint density at radius 2 is 2.00 bits per heavy atom. The number of hydrogen-bond acceptors (Lipinski definition) is 1. The van der Waals surface area contributed by atoms with Gasteiger partial charge in [-0.05, 0) is 35.8 Å². The number of rotatable bonds is 2. The van der Waals surface area contributed by atoms with Crippen LogP contribution in [0.4, 0.5) is 0 Å². The maximum Gasteiger partial charge on any atom is 0.0326 e. The van der Waals surface area contributed by atoms with Crippen LogP contribution in [0.1, 0.15) is 36.4 Å². The van der Waals surface area contributed by atoms with Crippen LogP contribution in [0, 0.1) is 5.41 Å². The number of benzene rings is 1. The molecule has 78 valence electrons. The zero-order valence-electron chi connectivity index (χ0n) is 9.00. The van der Waals surface area contributed by atoms with Gasteiger partial charge in [0.1, 0.15) is 0 Å². The molecule has 1 heterocycles. The van der Waals surface area contributed by atoms with Gasteiger partial charge in [0, 0.05) is 12.6 Å². The first kappa shape index (κ1) is 9.17. The molecule has 1 spiro atoms. The van der Waals surface area contributed by atoms with Crippen LogP contribution in [0.3, 0.4) is 0 Å². The minimum Gasteiger partial charge on any atom is -0.309 e. The zero-order chi connectivity index (χ0) is 10.3. The van der Waals surface area contributed by atoms with E-state index in [-0.39, 0.29) is 0 Å². The van der Waals surface area contributed by atoms with Gasteiger partial charge in [0.05, 0.1) is 0 Å². The van der Waals surface area contributed by atoms with Crippen LogP contribution in [0.15, 0.2) is 30.8 Å². The molecule has 2 fully saturated rings. The summed E-state index contributed by atoms with van der Waals surface area (Å²) in [6, 6.07) is 9.36. The molecular formula is C14H17N. The van der Waals surface area contributed by atoms with Gasteiger partial charge in [-0.15, -0.1) is 0 Å². The lowest BCUT2D eigenvalue weighted by molar-refractivity contribution is 0.552. The van der Waals surface area contributed by atoms with E-state index in [2.05, 4.69) is 36.2 Å². The second-order valence-corrected chi connectivity index (χ2v) is 5.01. The van der Waals surface area contributed by atoms with Crippen LogP contribution in [-0.4, -0.2) is 6.54 Å². The normalized spacial score (nSPS) is 26.8. The highest BCUT2D eigenvalue weighted by molar-refractivity contribution is 5.47. The van der Waals surface area contributed by atoms with Crippen LogP contribution >= 0.6 is 0 Å². The highest BCUT2D eigenvalue weighted by Crippen LogP contribution is 2.54. The standard InChI is InChI=1S/C14H17N/c1-2-11-3-5-12(6-4-11)13-9-14(7-8-14)10-15-13/h2-6,13,15H,1,7-10H2. The summed E-state index contributed by atoms with van der Waals surface area (Å²) in [5.41, 5.74) is 3.32. The molecule has 1 saturated carbocycles. The SMILES string of the molecule is C=Cc1ccc(C2CC3(CC3)CN2)cc1. The smallest absolute Gasteiger partial charge is 0.0326 e. The molecule has 1 nitrogen and oxygen atoms in total. The maximum absolute atomic E-state index is 3.78. The van der Waals surface area contributed by atoms with Crippen molar-refractivity contribution in [2.45, 2.75) is 25.3 Å². The van der Waals surface area contributed by atoms with E-state index < -0.39 is 0 Å². The minimum atomic E-state index is 0.589. The molecule has 1 aromatic rings. The Hall–Kier alpha value is -1.08. The van der Waals surface area contributed by atoms with Crippen molar-refractivity contribution in [2.24, 2.45) is 5.41 Å². The fraction of sp³-hybridized carbons (Fsp3) is 0.429. The fourth-order valence-electron chi connectivity index (χ4n) is 2.57. The van der Waals surface area contributed by atoms with E-state index in [1.165, 1.54) is 36.9 Å². The Morgan fingerprint density at radius 3 is 2.53 bits per heavy atom. The van der Waals surface area contributed by atoms with Gasteiger partial charge < -0.3 is 5.32 Å². The van der Waals surface area contributed by atoms with E-state index in [9.17, 15) is 0 Å². The maximum atomic E-state index is 3.78. The molecule has 0 bridgehead atoms. The summed E-state index contributed by atoms with van der Waals surface area (Å²) in [4.78, 5) is 0. The molecule has 1 N–H and O–H groups in total. The van der Waals surface area contributed by atoms with Crippen molar-refractivity contribution in [1.29, 1.82) is 0 Å². The van der Waals surface area contributed by atoms with Gasteiger partial charge in [-0.25, -0.2) is 0 Å². The highest BCUT2D eigenvalue weighted by atomic mass is 15.0. The van der Waals surface area contributed by atoms with Crippen molar-refractivity contribution < 1.29 is 0 Å². The lowest BCUT2D eigenvalue weighted by atomic mass is 9.97. The van der Waals surface area contributed by atoms with Gasteiger partial charge >= 0.3 is 0 Å². The Balaban J connectivity index is 1.78. The summed E-state index contributed by atoms with van der Waals surface area (Å²) in [5.74, 6) is 0. The Bertz CT molecular complexity index is 373. The summed E-state index contributed by atoms with van der Waals surface area (Å²) in [7, 11) is 0. The molecule has 0 aromatic heterocycles. The van der Waals surface area contributed by atoms with Crippen molar-refractivity contribution in [3.63, 3.8) is 0 Å². The first-order chi connectivity index (χ1) is 7.31. The molecule has 1 heteroatoms. The molecule has 1 unspecified atom stereocenters. The summed E-state index contributed by atoms with van der Waals surface area (Å²) < 4.78 is 0. The third-order valence-corrected chi connectivity index (χ3v) is 3.89. The molecule has 2 aliphatic rings. The predicted molar refractivity (Wildman–Crippen MR) is 63.6 cm³/mol. The van der Waals surface area contributed by atoms with Crippen molar-refractivity contribution in [2.75, 3.05) is 6.54 Å². The van der Waals surface area contributed by atoms with Gasteiger partial charge in [-0.2, -0.15) is 0 Å². The first-order valence-corrected chi connectivity index (χ1v) is 5.77. The second kappa shape index (κ2) is 3.21. The minimum absolute atomic E-state index is 0.589. The average molecular weight is 199 g/mol. The molecule has 0 radical (unpaired) electrons. The van der Waals surface area contributed by atoms with Crippen LogP contribution in [0.2, 0.25) is 0 Å². The van der Waals surface area contributed by atoms with Gasteiger partial charge in [0.25, 0.3) is 0 Å². The zero-order valence-corrected chi connectivity index (χ0v) is 9.00. The number of nitrogens with one attached hydrogen (secondary N) is 1. The second-order valence-electron chi connectivity index (χ2n) is 5.01. The largest absolute Gasteiger partial charge is 0.309 e. The van der Waals surface area contributed by atoms with E-state index >= 15 is 0 Å². The average Bonchev–Trinajstić information content (AvgIpc) is 2.90. The van der Waals surface area contributed by atoms with E-state index in [1.807, 2.05) is 6.08 Å². The predicted octanol–water partition coefficient (Wildman–Crippen LogP) is 3.14. The fourth-order valence-corrected chi connectivity index (χ4v) is 2.57. The summed E-state index contributed by atoms with van der Waals surface area (Å²) in [6.07, 6.45) is 6.09. The summed E-state index contributed by atoms with van der Waals surface area (Å²) >= 11 is 0. The molecular weight excluding hydrogens is 182 g/mol. The lowest BCUT2D eigenvalue weighted by Gasteiger charge is -2.10. The van der Waals surface area contributed by atoms with Crippen molar-refractivity contribution in [3.05, 3.63) is 42.0 Å². The van der Waals surface area contributed by atoms with Gasteiger partial charge in [-0.3, -0.25) is 0 Å². The van der Waals surface area contributed by atoms with Crippen LogP contribution in [0.5, 0.6) is 0 Å². The van der Waals surface area contributed by atoms with Gasteiger partial charge in [0.15, 0.2) is 0 Å². The molecule has 1 saturated heterocycles. The summed E-state index contributed by atoms with van der Waals surface area (Å²) in [5, 5.41) is 3.64. The van der Waals surface area contributed by atoms with E-state index in [1.54, 1.807) is 0 Å². The molecule has 1 aliphatic carbocycles. The van der Waals surface area contributed by atoms with Crippen LogP contribution < -0.4 is 5.32 Å². The quantitative estimate of drug-likeness (QED) is 0.771. The molecule has 0 amide bonds. The molecule has 1 atom stereocenters. The Labute approximate surface area is 91.2 Å². The van der Waals surface area contributed by atoms with Gasteiger partial charge in [0.2, 0.25) is 0 Å². The van der Waals surface area contributed by atoms with Crippen molar-refractivity contribution in [3.8, 4) is 0 Å². The topological polar surface area (TPSA) is 12.0 Å². The monoisotopic (exact) mass is 199 g/mol. The van der Waals surface area contributed by atoms with E-state index in [0.717, 1.165) is 0 Å². The summed E-state index contributed by atoms with van der Waals surface area (Å²) in [6.45, 7) is 5.00. The van der Waals surface area contributed by atoms with E-state index in [4.69, 9.17) is 0 Å². The van der Waals surface area contributed by atoms with Crippen molar-refractivity contribution >= 4 is 6.08 Å². The number of hydrogen-bond donors (Lipinski definition) is 1. The molecule has 3 rings (SSSR count). The molecule has 1 aromatic carbocycles. The Kier molecular flexibility index (Phi) is 1.96. The molecule has 15 heavy (non-hydrogen) atoms. The highest BCUT2D eigenvalue weighted by Gasteiger charge is 2.48. The van der Waals surface area contributed by atoms with E-state index in [0.29, 0.717) is 11.5 Å². The first-order valence-electron chi connectivity index (χ1n) is 5.77. The lowest BCUT2D eigenvalue weighted by Crippen LogP contribution is -2.13.